The van der Waals surface area contributed by atoms with Crippen LogP contribution in [-0.4, -0.2) is 19.2 Å². The molecule has 0 amide bonds. The van der Waals surface area contributed by atoms with Crippen LogP contribution in [0.4, 0.5) is 13.2 Å². The number of halogens is 4. The Morgan fingerprint density at radius 3 is 2.64 bits per heavy atom. The predicted octanol–water partition coefficient (Wildman–Crippen LogP) is 4.76. The highest BCUT2D eigenvalue weighted by Gasteiger charge is 2.35. The summed E-state index contributed by atoms with van der Waals surface area (Å²) in [6.45, 7) is 5.89. The average Bonchev–Trinajstić information content (AvgIpc) is 2.92. The second kappa shape index (κ2) is 7.09. The molecule has 1 fully saturated rings. The van der Waals surface area contributed by atoms with Gasteiger partial charge in [0.1, 0.15) is 11.9 Å². The fraction of sp³-hybridized carbons (Fsp3) is 0.625. The van der Waals surface area contributed by atoms with Crippen molar-refractivity contribution in [1.29, 1.82) is 0 Å². The van der Waals surface area contributed by atoms with E-state index in [1.165, 1.54) is 12.1 Å². The molecule has 2 unspecified atom stereocenters. The minimum atomic E-state index is -4.47. The first-order valence-electron chi connectivity index (χ1n) is 7.52. The van der Waals surface area contributed by atoms with Crippen molar-refractivity contribution < 1.29 is 17.9 Å². The van der Waals surface area contributed by atoms with Crippen LogP contribution >= 0.6 is 11.6 Å². The monoisotopic (exact) mass is 335 g/mol. The minimum absolute atomic E-state index is 0.119. The molecular weight excluding hydrogens is 315 g/mol. The summed E-state index contributed by atoms with van der Waals surface area (Å²) in [6, 6.07) is 3.82. The summed E-state index contributed by atoms with van der Waals surface area (Å²) in [5.74, 6) is 0.817. The van der Waals surface area contributed by atoms with Gasteiger partial charge in [-0.05, 0) is 37.4 Å². The van der Waals surface area contributed by atoms with E-state index in [-0.39, 0.29) is 16.9 Å². The molecule has 2 atom stereocenters. The number of rotatable bonds is 5. The Bertz CT molecular complexity index is 499. The van der Waals surface area contributed by atoms with Gasteiger partial charge >= 0.3 is 6.18 Å². The van der Waals surface area contributed by atoms with Gasteiger partial charge in [-0.1, -0.05) is 31.5 Å². The van der Waals surface area contributed by atoms with E-state index in [1.807, 2.05) is 0 Å². The number of benzene rings is 1. The lowest BCUT2D eigenvalue weighted by Crippen LogP contribution is -2.30. The summed E-state index contributed by atoms with van der Waals surface area (Å²) < 4.78 is 44.7. The lowest BCUT2D eigenvalue weighted by Gasteiger charge is -2.27. The molecule has 2 nitrogen and oxygen atoms in total. The van der Waals surface area contributed by atoms with Crippen LogP contribution in [0.25, 0.3) is 0 Å². The molecule has 6 heteroatoms. The van der Waals surface area contributed by atoms with Gasteiger partial charge in [-0.15, -0.1) is 0 Å². The third-order valence-corrected chi connectivity index (χ3v) is 4.26. The molecule has 2 rings (SSSR count). The molecule has 0 aromatic heterocycles. The molecule has 1 aromatic carbocycles. The molecule has 1 aromatic rings. The van der Waals surface area contributed by atoms with Crippen molar-refractivity contribution in [3.8, 4) is 5.75 Å². The Labute approximate surface area is 134 Å². The van der Waals surface area contributed by atoms with Gasteiger partial charge in [0.2, 0.25) is 0 Å². The Hall–Kier alpha value is -0.940. The molecule has 1 saturated heterocycles. The second-order valence-corrected chi connectivity index (χ2v) is 6.53. The summed E-state index contributed by atoms with van der Waals surface area (Å²) in [4.78, 5) is 0. The summed E-state index contributed by atoms with van der Waals surface area (Å²) >= 11 is 5.92. The molecule has 1 heterocycles. The van der Waals surface area contributed by atoms with Crippen molar-refractivity contribution in [3.63, 3.8) is 0 Å². The van der Waals surface area contributed by atoms with Crippen LogP contribution in [0.1, 0.15) is 32.3 Å². The number of alkyl halides is 3. The van der Waals surface area contributed by atoms with Gasteiger partial charge in [0, 0.05) is 12.5 Å². The van der Waals surface area contributed by atoms with Crippen molar-refractivity contribution in [2.24, 2.45) is 11.8 Å². The molecule has 0 bridgehead atoms. The number of hydrogen-bond donors (Lipinski definition) is 1. The topological polar surface area (TPSA) is 21.3 Å². The zero-order valence-electron chi connectivity index (χ0n) is 12.7. The van der Waals surface area contributed by atoms with E-state index >= 15 is 0 Å². The Balaban J connectivity index is 2.22. The SMILES string of the molecule is CC(C)CC(Oc1cccc(C(F)(F)F)c1Cl)C1CCNC1. The van der Waals surface area contributed by atoms with Crippen LogP contribution in [0, 0.1) is 11.8 Å². The van der Waals surface area contributed by atoms with E-state index < -0.39 is 11.7 Å². The van der Waals surface area contributed by atoms with Crippen molar-refractivity contribution in [2.45, 2.75) is 39.0 Å². The van der Waals surface area contributed by atoms with Gasteiger partial charge < -0.3 is 10.1 Å². The molecule has 0 saturated carbocycles. The lowest BCUT2D eigenvalue weighted by atomic mass is 9.93. The average molecular weight is 336 g/mol. The van der Waals surface area contributed by atoms with Crippen LogP contribution in [0.5, 0.6) is 5.75 Å². The van der Waals surface area contributed by atoms with E-state index in [9.17, 15) is 13.2 Å². The van der Waals surface area contributed by atoms with Crippen molar-refractivity contribution in [1.82, 2.24) is 5.32 Å². The van der Waals surface area contributed by atoms with Gasteiger partial charge in [-0.3, -0.25) is 0 Å². The quantitative estimate of drug-likeness (QED) is 0.837. The molecular formula is C16H21ClF3NO. The largest absolute Gasteiger partial charge is 0.489 e. The third kappa shape index (κ3) is 4.29. The van der Waals surface area contributed by atoms with Crippen molar-refractivity contribution >= 4 is 11.6 Å². The molecule has 1 aliphatic rings. The third-order valence-electron chi connectivity index (χ3n) is 3.87. The normalized spacial score (nSPS) is 20.4. The highest BCUT2D eigenvalue weighted by Crippen LogP contribution is 2.40. The van der Waals surface area contributed by atoms with Gasteiger partial charge in [0.25, 0.3) is 0 Å². The van der Waals surface area contributed by atoms with Gasteiger partial charge in [-0.2, -0.15) is 13.2 Å². The van der Waals surface area contributed by atoms with E-state index in [0.29, 0.717) is 11.8 Å². The first-order chi connectivity index (χ1) is 10.3. The molecule has 0 spiro atoms. The molecule has 1 N–H and O–H groups in total. The number of ether oxygens (including phenoxy) is 1. The van der Waals surface area contributed by atoms with E-state index in [0.717, 1.165) is 32.0 Å². The first-order valence-corrected chi connectivity index (χ1v) is 7.90. The van der Waals surface area contributed by atoms with Gasteiger partial charge in [-0.25, -0.2) is 0 Å². The Morgan fingerprint density at radius 1 is 1.36 bits per heavy atom. The van der Waals surface area contributed by atoms with E-state index in [2.05, 4.69) is 19.2 Å². The zero-order valence-corrected chi connectivity index (χ0v) is 13.5. The highest BCUT2D eigenvalue weighted by molar-refractivity contribution is 6.32. The molecule has 124 valence electrons. The van der Waals surface area contributed by atoms with Crippen molar-refractivity contribution in [3.05, 3.63) is 28.8 Å². The summed E-state index contributed by atoms with van der Waals surface area (Å²) in [6.07, 6.45) is -2.85. The van der Waals surface area contributed by atoms with Gasteiger partial charge in [0.15, 0.2) is 0 Å². The van der Waals surface area contributed by atoms with Crippen molar-refractivity contribution in [2.75, 3.05) is 13.1 Å². The highest BCUT2D eigenvalue weighted by atomic mass is 35.5. The molecule has 22 heavy (non-hydrogen) atoms. The van der Waals surface area contributed by atoms with Crippen LogP contribution < -0.4 is 10.1 Å². The summed E-state index contributed by atoms with van der Waals surface area (Å²) in [5.41, 5.74) is -0.848. The first kappa shape index (κ1) is 17.4. The van der Waals surface area contributed by atoms with E-state index in [4.69, 9.17) is 16.3 Å². The van der Waals surface area contributed by atoms with Gasteiger partial charge in [0.05, 0.1) is 10.6 Å². The molecule has 0 aliphatic carbocycles. The maximum atomic E-state index is 12.9. The zero-order chi connectivity index (χ0) is 16.3. The predicted molar refractivity (Wildman–Crippen MR) is 81.3 cm³/mol. The second-order valence-electron chi connectivity index (χ2n) is 6.15. The molecule has 1 aliphatic heterocycles. The minimum Gasteiger partial charge on any atom is -0.489 e. The van der Waals surface area contributed by atoms with Crippen LogP contribution in [-0.2, 0) is 6.18 Å². The fourth-order valence-electron chi connectivity index (χ4n) is 2.78. The van der Waals surface area contributed by atoms with E-state index in [1.54, 1.807) is 0 Å². The van der Waals surface area contributed by atoms with Crippen LogP contribution in [0.15, 0.2) is 18.2 Å². The van der Waals surface area contributed by atoms with Crippen LogP contribution in [0.3, 0.4) is 0 Å². The number of nitrogens with one attached hydrogen (secondary N) is 1. The Morgan fingerprint density at radius 2 is 2.09 bits per heavy atom. The summed E-state index contributed by atoms with van der Waals surface area (Å²) in [7, 11) is 0. The maximum Gasteiger partial charge on any atom is 0.417 e. The number of hydrogen-bond acceptors (Lipinski definition) is 2. The fourth-order valence-corrected chi connectivity index (χ4v) is 3.06. The summed E-state index contributed by atoms with van der Waals surface area (Å²) in [5, 5.41) is 2.92. The Kier molecular flexibility index (Phi) is 5.61. The lowest BCUT2D eigenvalue weighted by molar-refractivity contribution is -0.137. The standard InChI is InChI=1S/C16H21ClF3NO/c1-10(2)8-14(11-6-7-21-9-11)22-13-5-3-4-12(15(13)17)16(18,19)20/h3-5,10-11,14,21H,6-9H2,1-2H3. The molecule has 0 radical (unpaired) electrons. The smallest absolute Gasteiger partial charge is 0.417 e. The van der Waals surface area contributed by atoms with Crippen LogP contribution in [0.2, 0.25) is 5.02 Å². The maximum absolute atomic E-state index is 12.9.